The molecule has 2 heterocycles. The third-order valence-corrected chi connectivity index (χ3v) is 2.16. The topological polar surface area (TPSA) is 107 Å². The van der Waals surface area contributed by atoms with E-state index in [4.69, 9.17) is 19.5 Å². The van der Waals surface area contributed by atoms with Crippen LogP contribution in [0.1, 0.15) is 0 Å². The summed E-state index contributed by atoms with van der Waals surface area (Å²) in [5.41, 5.74) is 0.870. The van der Waals surface area contributed by atoms with Crippen molar-refractivity contribution in [2.24, 2.45) is 0 Å². The summed E-state index contributed by atoms with van der Waals surface area (Å²) in [5, 5.41) is 20.9. The molecule has 0 unspecified atom stereocenters. The van der Waals surface area contributed by atoms with Crippen LogP contribution < -0.4 is 9.67 Å². The molecule has 0 saturated carbocycles. The smallest absolute Gasteiger partial charge is 0.430 e. The van der Waals surface area contributed by atoms with Crippen molar-refractivity contribution >= 4 is 11.9 Å². The Kier molecular flexibility index (Phi) is 5.61. The van der Waals surface area contributed by atoms with Crippen LogP contribution in [0.15, 0.2) is 41.3 Å². The molecule has 0 saturated heterocycles. The number of nitrogens with zero attached hydrogens (tertiary/aromatic N) is 2. The molecule has 0 atom stereocenters. The second-order valence-electron chi connectivity index (χ2n) is 3.81. The van der Waals surface area contributed by atoms with Gasteiger partial charge in [0.25, 0.3) is 0 Å². The SMILES string of the molecule is O=C(O)C[n+]1ccc(-c2ccno2)cc1.O=C([O-])C(F)(F)F. The molecule has 0 amide bonds. The predicted molar refractivity (Wildman–Crippen MR) is 60.8 cm³/mol. The van der Waals surface area contributed by atoms with Gasteiger partial charge in [0.05, 0.1) is 6.20 Å². The van der Waals surface area contributed by atoms with Crippen molar-refractivity contribution in [3.05, 3.63) is 36.8 Å². The molecule has 0 aliphatic rings. The van der Waals surface area contributed by atoms with Crippen LogP contribution in [0.25, 0.3) is 11.3 Å². The van der Waals surface area contributed by atoms with Gasteiger partial charge in [-0.25, -0.2) is 4.79 Å². The molecule has 2 aromatic rings. The summed E-state index contributed by atoms with van der Waals surface area (Å²) in [7, 11) is 0. The average molecular weight is 318 g/mol. The Bertz CT molecular complexity index is 623. The van der Waals surface area contributed by atoms with Crippen molar-refractivity contribution in [3.8, 4) is 11.3 Å². The Morgan fingerprint density at radius 2 is 1.82 bits per heavy atom. The highest BCUT2D eigenvalue weighted by Gasteiger charge is 2.28. The van der Waals surface area contributed by atoms with Gasteiger partial charge in [0, 0.05) is 23.8 Å². The van der Waals surface area contributed by atoms with E-state index in [1.165, 1.54) is 0 Å². The molecule has 0 bridgehead atoms. The summed E-state index contributed by atoms with van der Waals surface area (Å²) < 4.78 is 38.1. The highest BCUT2D eigenvalue weighted by Crippen LogP contribution is 2.15. The van der Waals surface area contributed by atoms with Gasteiger partial charge in [-0.2, -0.15) is 17.7 Å². The van der Waals surface area contributed by atoms with Crippen molar-refractivity contribution in [1.29, 1.82) is 0 Å². The number of rotatable bonds is 3. The van der Waals surface area contributed by atoms with Crippen LogP contribution in [0.4, 0.5) is 13.2 Å². The molecule has 0 fully saturated rings. The number of aromatic nitrogens is 2. The molecule has 118 valence electrons. The highest BCUT2D eigenvalue weighted by molar-refractivity contribution is 5.70. The summed E-state index contributed by atoms with van der Waals surface area (Å²) in [4.78, 5) is 19.2. The minimum Gasteiger partial charge on any atom is -0.542 e. The number of carbonyl (C=O) groups is 2. The van der Waals surface area contributed by atoms with Crippen molar-refractivity contribution in [2.75, 3.05) is 0 Å². The van der Waals surface area contributed by atoms with E-state index in [2.05, 4.69) is 5.16 Å². The first kappa shape index (κ1) is 17.1. The van der Waals surface area contributed by atoms with Crippen LogP contribution in [0, 0.1) is 0 Å². The minimum atomic E-state index is -5.19. The Morgan fingerprint density at radius 3 is 2.18 bits per heavy atom. The normalized spacial score (nSPS) is 10.5. The van der Waals surface area contributed by atoms with Gasteiger partial charge in [0.1, 0.15) is 5.97 Å². The van der Waals surface area contributed by atoms with Crippen molar-refractivity contribution in [1.82, 2.24) is 5.16 Å². The van der Waals surface area contributed by atoms with E-state index in [1.54, 1.807) is 41.4 Å². The van der Waals surface area contributed by atoms with E-state index in [9.17, 15) is 18.0 Å². The standard InChI is InChI=1S/C10H8N2O3.C2HF3O2/c13-10(14)7-12-5-2-8(3-6-12)9-1-4-11-15-9;3-2(4,5)1(6)7/h1-6H,7H2;(H,6,7). The molecule has 7 nitrogen and oxygen atoms in total. The van der Waals surface area contributed by atoms with Crippen molar-refractivity contribution in [3.63, 3.8) is 0 Å². The number of carboxylic acids is 2. The third-order valence-electron chi connectivity index (χ3n) is 2.16. The average Bonchev–Trinajstić information content (AvgIpc) is 2.92. The van der Waals surface area contributed by atoms with Gasteiger partial charge in [-0.05, 0) is 0 Å². The lowest BCUT2D eigenvalue weighted by atomic mass is 10.2. The molecule has 2 rings (SSSR count). The molecule has 0 spiro atoms. The van der Waals surface area contributed by atoms with Crippen LogP contribution in [0.3, 0.4) is 0 Å². The largest absolute Gasteiger partial charge is 0.542 e. The number of hydrogen-bond acceptors (Lipinski definition) is 5. The number of carboxylic acid groups (broad SMARTS) is 2. The molecular formula is C12H9F3N2O5. The van der Waals surface area contributed by atoms with E-state index < -0.39 is 18.1 Å². The lowest BCUT2D eigenvalue weighted by molar-refractivity contribution is -0.685. The number of alkyl halides is 3. The zero-order chi connectivity index (χ0) is 16.8. The number of aliphatic carboxylic acids is 2. The maximum atomic E-state index is 10.5. The van der Waals surface area contributed by atoms with E-state index in [1.807, 2.05) is 0 Å². The van der Waals surface area contributed by atoms with Gasteiger partial charge in [0.15, 0.2) is 18.2 Å². The molecule has 22 heavy (non-hydrogen) atoms. The van der Waals surface area contributed by atoms with Crippen LogP contribution in [0.5, 0.6) is 0 Å². The van der Waals surface area contributed by atoms with Gasteiger partial charge < -0.3 is 19.5 Å². The number of pyridine rings is 1. The summed E-state index contributed by atoms with van der Waals surface area (Å²) >= 11 is 0. The van der Waals surface area contributed by atoms with Crippen LogP contribution >= 0.6 is 0 Å². The predicted octanol–water partition coefficient (Wildman–Crippen LogP) is 0.0123. The second kappa shape index (κ2) is 7.20. The molecule has 0 aromatic carbocycles. The fraction of sp³-hybridized carbons (Fsp3) is 0.167. The van der Waals surface area contributed by atoms with Gasteiger partial charge in [-0.3, -0.25) is 0 Å². The second-order valence-corrected chi connectivity index (χ2v) is 3.81. The van der Waals surface area contributed by atoms with Gasteiger partial charge >= 0.3 is 12.1 Å². The highest BCUT2D eigenvalue weighted by atomic mass is 19.4. The monoisotopic (exact) mass is 318 g/mol. The summed E-state index contributed by atoms with van der Waals surface area (Å²) in [6.45, 7) is -0.0450. The van der Waals surface area contributed by atoms with E-state index in [-0.39, 0.29) is 6.54 Å². The first-order valence-corrected chi connectivity index (χ1v) is 5.60. The first-order valence-electron chi connectivity index (χ1n) is 5.60. The van der Waals surface area contributed by atoms with Crippen LogP contribution in [0.2, 0.25) is 0 Å². The van der Waals surface area contributed by atoms with E-state index in [0.29, 0.717) is 5.76 Å². The zero-order valence-electron chi connectivity index (χ0n) is 10.8. The minimum absolute atomic E-state index is 0.0450. The van der Waals surface area contributed by atoms with Crippen LogP contribution in [-0.2, 0) is 16.1 Å². The maximum Gasteiger partial charge on any atom is 0.430 e. The quantitative estimate of drug-likeness (QED) is 0.799. The Morgan fingerprint density at radius 1 is 1.27 bits per heavy atom. The molecule has 1 N–H and O–H groups in total. The molecule has 10 heteroatoms. The Labute approximate surface area is 121 Å². The summed E-state index contributed by atoms with van der Waals surface area (Å²) in [5.74, 6) is -3.21. The molecule has 0 radical (unpaired) electrons. The first-order chi connectivity index (χ1) is 10.2. The lowest BCUT2D eigenvalue weighted by Gasteiger charge is -2.03. The molecule has 0 aliphatic carbocycles. The van der Waals surface area contributed by atoms with Crippen LogP contribution in [-0.4, -0.2) is 28.4 Å². The van der Waals surface area contributed by atoms with Gasteiger partial charge in [-0.15, -0.1) is 0 Å². The fourth-order valence-corrected chi connectivity index (χ4v) is 1.25. The van der Waals surface area contributed by atoms with Gasteiger partial charge in [-0.1, -0.05) is 5.16 Å². The number of carbonyl (C=O) groups excluding carboxylic acids is 1. The summed E-state index contributed by atoms with van der Waals surface area (Å²) in [6, 6.07) is 5.31. The molecular weight excluding hydrogens is 309 g/mol. The van der Waals surface area contributed by atoms with E-state index in [0.717, 1.165) is 5.56 Å². The lowest BCUT2D eigenvalue weighted by Crippen LogP contribution is -2.37. The number of halogens is 3. The fourth-order valence-electron chi connectivity index (χ4n) is 1.25. The van der Waals surface area contributed by atoms with Gasteiger partial charge in [0.2, 0.25) is 6.54 Å². The summed E-state index contributed by atoms with van der Waals surface area (Å²) in [6.07, 6.45) is -0.258. The molecule has 0 aliphatic heterocycles. The Balaban J connectivity index is 0.000000295. The van der Waals surface area contributed by atoms with Crippen molar-refractivity contribution in [2.45, 2.75) is 12.7 Å². The number of hydrogen-bond donors (Lipinski definition) is 1. The zero-order valence-corrected chi connectivity index (χ0v) is 10.8. The van der Waals surface area contributed by atoms with Crippen molar-refractivity contribution < 1.29 is 42.1 Å². The van der Waals surface area contributed by atoms with E-state index >= 15 is 0 Å². The third kappa shape index (κ3) is 5.61. The molecule has 2 aromatic heterocycles. The Hall–Kier alpha value is -2.91. The maximum absolute atomic E-state index is 10.5.